The average molecular weight is 583 g/mol. The SMILES string of the molecule is CNC1CCN(c2ccc3cc(CN4CCC(Oc5ccc6c(c5)CN(C5CCC(=O)NC5=O)C6=O)C4)ccc3n2)CC1. The minimum Gasteiger partial charge on any atom is -0.489 e. The summed E-state index contributed by atoms with van der Waals surface area (Å²) in [5, 5.41) is 6.91. The van der Waals surface area contributed by atoms with Gasteiger partial charge < -0.3 is 19.9 Å². The average Bonchev–Trinajstić information content (AvgIpc) is 3.59. The van der Waals surface area contributed by atoms with Crippen LogP contribution in [0.25, 0.3) is 10.9 Å². The lowest BCUT2D eigenvalue weighted by molar-refractivity contribution is -0.136. The summed E-state index contributed by atoms with van der Waals surface area (Å²) in [5.74, 6) is 0.960. The van der Waals surface area contributed by atoms with E-state index in [1.807, 2.05) is 19.2 Å². The Morgan fingerprint density at radius 1 is 0.977 bits per heavy atom. The van der Waals surface area contributed by atoms with E-state index in [1.165, 1.54) is 5.56 Å². The standard InChI is InChI=1S/C33H38N6O4/c1-34-24-10-14-38(15-11-24)30-8-3-22-16-21(2-6-28(22)35-30)18-37-13-12-26(20-37)43-25-4-5-27-23(17-25)19-39(33(27)42)29-7-9-31(40)36-32(29)41/h2-6,8,16-17,24,26,29,34H,7,9-15,18-20H2,1H3,(H,36,40,41). The van der Waals surface area contributed by atoms with Gasteiger partial charge in [-0.25, -0.2) is 4.98 Å². The second kappa shape index (κ2) is 11.6. The number of hydrogen-bond acceptors (Lipinski definition) is 8. The molecular formula is C33H38N6O4. The molecule has 0 saturated carbocycles. The molecule has 3 amide bonds. The van der Waals surface area contributed by atoms with Gasteiger partial charge in [-0.1, -0.05) is 6.07 Å². The van der Waals surface area contributed by atoms with Gasteiger partial charge in [0.25, 0.3) is 5.91 Å². The first kappa shape index (κ1) is 27.8. The maximum absolute atomic E-state index is 13.0. The van der Waals surface area contributed by atoms with E-state index in [4.69, 9.17) is 9.72 Å². The van der Waals surface area contributed by atoms with Crippen molar-refractivity contribution in [2.45, 2.75) is 63.4 Å². The number of nitrogens with one attached hydrogen (secondary N) is 2. The predicted octanol–water partition coefficient (Wildman–Crippen LogP) is 2.84. The van der Waals surface area contributed by atoms with E-state index in [9.17, 15) is 14.4 Å². The Morgan fingerprint density at radius 3 is 2.65 bits per heavy atom. The lowest BCUT2D eigenvalue weighted by Gasteiger charge is -2.32. The molecule has 10 nitrogen and oxygen atoms in total. The minimum atomic E-state index is -0.612. The normalized spacial score (nSPS) is 23.2. The summed E-state index contributed by atoms with van der Waals surface area (Å²) in [6, 6.07) is 16.5. The number of piperidine rings is 2. The van der Waals surface area contributed by atoms with Crippen LogP contribution in [0.5, 0.6) is 5.75 Å². The Balaban J connectivity index is 0.945. The molecule has 10 heteroatoms. The third kappa shape index (κ3) is 5.69. The molecule has 0 radical (unpaired) electrons. The number of carbonyl (C=O) groups excluding carboxylic acids is 3. The van der Waals surface area contributed by atoms with E-state index < -0.39 is 11.9 Å². The minimum absolute atomic E-state index is 0.0677. The van der Waals surface area contributed by atoms with E-state index in [0.29, 0.717) is 24.6 Å². The van der Waals surface area contributed by atoms with Gasteiger partial charge >= 0.3 is 0 Å². The fourth-order valence-corrected chi connectivity index (χ4v) is 6.95. The molecule has 2 aromatic carbocycles. The number of hydrogen-bond donors (Lipinski definition) is 2. The predicted molar refractivity (Wildman–Crippen MR) is 163 cm³/mol. The Kier molecular flexibility index (Phi) is 7.48. The molecule has 2 unspecified atom stereocenters. The monoisotopic (exact) mass is 582 g/mol. The first-order chi connectivity index (χ1) is 20.9. The number of nitrogens with zero attached hydrogens (tertiary/aromatic N) is 4. The molecule has 0 bridgehead atoms. The number of carbonyl (C=O) groups is 3. The first-order valence-electron chi connectivity index (χ1n) is 15.4. The van der Waals surface area contributed by atoms with Crippen LogP contribution in [0.4, 0.5) is 5.82 Å². The van der Waals surface area contributed by atoms with Gasteiger partial charge in [-0.05, 0) is 86.3 Å². The van der Waals surface area contributed by atoms with Gasteiger partial charge in [-0.2, -0.15) is 0 Å². The van der Waals surface area contributed by atoms with Crippen LogP contribution in [-0.2, 0) is 22.7 Å². The largest absolute Gasteiger partial charge is 0.489 e. The molecule has 224 valence electrons. The Hall–Kier alpha value is -4.02. The molecule has 3 saturated heterocycles. The number of benzene rings is 2. The van der Waals surface area contributed by atoms with Crippen LogP contribution in [-0.4, -0.2) is 83.9 Å². The fraction of sp³-hybridized carbons (Fsp3) is 0.455. The third-order valence-corrected chi connectivity index (χ3v) is 9.40. The second-order valence-electron chi connectivity index (χ2n) is 12.2. The van der Waals surface area contributed by atoms with Gasteiger partial charge in [0.1, 0.15) is 23.7 Å². The lowest BCUT2D eigenvalue weighted by atomic mass is 10.0. The summed E-state index contributed by atoms with van der Waals surface area (Å²) in [4.78, 5) is 48.2. The van der Waals surface area contributed by atoms with Crippen LogP contribution in [0.2, 0.25) is 0 Å². The van der Waals surface area contributed by atoms with Gasteiger partial charge in [0.15, 0.2) is 0 Å². The van der Waals surface area contributed by atoms with Crippen molar-refractivity contribution in [3.05, 3.63) is 65.2 Å². The Morgan fingerprint density at radius 2 is 1.84 bits per heavy atom. The number of amides is 3. The lowest BCUT2D eigenvalue weighted by Crippen LogP contribution is -2.52. The van der Waals surface area contributed by atoms with Crippen LogP contribution >= 0.6 is 0 Å². The van der Waals surface area contributed by atoms with E-state index in [2.05, 4.69) is 50.8 Å². The maximum Gasteiger partial charge on any atom is 0.255 e. The molecule has 1 aromatic heterocycles. The number of pyridine rings is 1. The number of imide groups is 1. The zero-order valence-corrected chi connectivity index (χ0v) is 24.6. The zero-order valence-electron chi connectivity index (χ0n) is 24.6. The highest BCUT2D eigenvalue weighted by Crippen LogP contribution is 2.31. The summed E-state index contributed by atoms with van der Waals surface area (Å²) in [6.45, 7) is 5.05. The number of rotatable bonds is 7. The highest BCUT2D eigenvalue weighted by atomic mass is 16.5. The van der Waals surface area contributed by atoms with Gasteiger partial charge in [-0.3, -0.25) is 24.6 Å². The van der Waals surface area contributed by atoms with Gasteiger partial charge in [-0.15, -0.1) is 0 Å². The van der Waals surface area contributed by atoms with E-state index in [-0.39, 0.29) is 24.3 Å². The van der Waals surface area contributed by atoms with Crippen molar-refractivity contribution in [3.63, 3.8) is 0 Å². The smallest absolute Gasteiger partial charge is 0.255 e. The van der Waals surface area contributed by atoms with Crippen molar-refractivity contribution < 1.29 is 19.1 Å². The summed E-state index contributed by atoms with van der Waals surface area (Å²) in [6.07, 6.45) is 3.89. The van der Waals surface area contributed by atoms with E-state index in [0.717, 1.165) is 80.0 Å². The number of likely N-dealkylation sites (tertiary alicyclic amines) is 1. The van der Waals surface area contributed by atoms with Crippen molar-refractivity contribution in [2.24, 2.45) is 0 Å². The maximum atomic E-state index is 13.0. The fourth-order valence-electron chi connectivity index (χ4n) is 6.95. The van der Waals surface area contributed by atoms with Crippen molar-refractivity contribution in [1.29, 1.82) is 0 Å². The van der Waals surface area contributed by atoms with Crippen LogP contribution < -0.4 is 20.3 Å². The third-order valence-electron chi connectivity index (χ3n) is 9.40. The molecule has 3 fully saturated rings. The summed E-state index contributed by atoms with van der Waals surface area (Å²) in [7, 11) is 2.04. The topological polar surface area (TPSA) is 107 Å². The van der Waals surface area contributed by atoms with Crippen molar-refractivity contribution in [1.82, 2.24) is 25.4 Å². The first-order valence-corrected chi connectivity index (χ1v) is 15.4. The summed E-state index contributed by atoms with van der Waals surface area (Å²) >= 11 is 0. The molecule has 2 N–H and O–H groups in total. The highest BCUT2D eigenvalue weighted by Gasteiger charge is 2.39. The molecule has 43 heavy (non-hydrogen) atoms. The van der Waals surface area contributed by atoms with E-state index in [1.54, 1.807) is 11.0 Å². The second-order valence-corrected chi connectivity index (χ2v) is 12.2. The van der Waals surface area contributed by atoms with Crippen molar-refractivity contribution in [3.8, 4) is 5.75 Å². The number of aromatic nitrogens is 1. The molecule has 3 aromatic rings. The summed E-state index contributed by atoms with van der Waals surface area (Å²) < 4.78 is 6.36. The van der Waals surface area contributed by atoms with Gasteiger partial charge in [0, 0.05) is 62.7 Å². The molecular weight excluding hydrogens is 544 g/mol. The zero-order chi connectivity index (χ0) is 29.5. The van der Waals surface area contributed by atoms with Gasteiger partial charge in [0.2, 0.25) is 11.8 Å². The molecule has 0 spiro atoms. The Labute approximate surface area is 251 Å². The number of ether oxygens (including phenoxy) is 1. The van der Waals surface area contributed by atoms with Crippen LogP contribution in [0.15, 0.2) is 48.5 Å². The van der Waals surface area contributed by atoms with E-state index >= 15 is 0 Å². The quantitative estimate of drug-likeness (QED) is 0.410. The van der Waals surface area contributed by atoms with Crippen LogP contribution in [0.3, 0.4) is 0 Å². The molecule has 7 rings (SSSR count). The molecule has 0 aliphatic carbocycles. The number of fused-ring (bicyclic) bond motifs is 2. The van der Waals surface area contributed by atoms with Gasteiger partial charge in [0.05, 0.1) is 5.52 Å². The Bertz CT molecular complexity index is 1570. The van der Waals surface area contributed by atoms with Crippen molar-refractivity contribution >= 4 is 34.4 Å². The van der Waals surface area contributed by atoms with Crippen LogP contribution in [0, 0.1) is 0 Å². The molecule has 4 aliphatic heterocycles. The number of anilines is 1. The molecule has 2 atom stereocenters. The van der Waals surface area contributed by atoms with Crippen molar-refractivity contribution in [2.75, 3.05) is 38.1 Å². The molecule has 5 heterocycles. The van der Waals surface area contributed by atoms with Crippen LogP contribution in [0.1, 0.15) is 53.6 Å². The summed E-state index contributed by atoms with van der Waals surface area (Å²) in [5.41, 5.74) is 3.76. The highest BCUT2D eigenvalue weighted by molar-refractivity contribution is 6.05. The molecule has 4 aliphatic rings.